The van der Waals surface area contributed by atoms with E-state index in [0.29, 0.717) is 24.7 Å². The molecule has 1 saturated carbocycles. The molecular formula is C25H30N4O3. The van der Waals surface area contributed by atoms with E-state index < -0.39 is 0 Å². The summed E-state index contributed by atoms with van der Waals surface area (Å²) in [7, 11) is 0. The molecule has 2 amide bonds. The van der Waals surface area contributed by atoms with Crippen molar-refractivity contribution in [3.63, 3.8) is 0 Å². The van der Waals surface area contributed by atoms with Crippen LogP contribution in [0.1, 0.15) is 44.9 Å². The number of anilines is 1. The predicted molar refractivity (Wildman–Crippen MR) is 124 cm³/mol. The lowest BCUT2D eigenvalue weighted by Crippen LogP contribution is -2.32. The molecule has 168 valence electrons. The smallest absolute Gasteiger partial charge is 0.244 e. The lowest BCUT2D eigenvalue weighted by atomic mass is 9.89. The summed E-state index contributed by atoms with van der Waals surface area (Å²) >= 11 is 0. The summed E-state index contributed by atoms with van der Waals surface area (Å²) in [5, 5.41) is 5.97. The normalized spacial score (nSPS) is 14.3. The van der Waals surface area contributed by atoms with Gasteiger partial charge in [-0.05, 0) is 56.2 Å². The van der Waals surface area contributed by atoms with Crippen LogP contribution in [0, 0.1) is 5.92 Å². The highest BCUT2D eigenvalue weighted by Crippen LogP contribution is 2.24. The van der Waals surface area contributed by atoms with Gasteiger partial charge in [0.15, 0.2) is 0 Å². The Balaban J connectivity index is 1.45. The monoisotopic (exact) mass is 434 g/mol. The predicted octanol–water partition coefficient (Wildman–Crippen LogP) is 4.27. The van der Waals surface area contributed by atoms with E-state index in [1.807, 2.05) is 60.0 Å². The third-order valence-corrected chi connectivity index (χ3v) is 5.88. The summed E-state index contributed by atoms with van der Waals surface area (Å²) in [6.07, 6.45) is 5.34. The maximum Gasteiger partial charge on any atom is 0.244 e. The van der Waals surface area contributed by atoms with Crippen LogP contribution in [0.2, 0.25) is 0 Å². The van der Waals surface area contributed by atoms with Crippen LogP contribution in [0.3, 0.4) is 0 Å². The number of rotatable bonds is 8. The zero-order chi connectivity index (χ0) is 22.3. The molecule has 32 heavy (non-hydrogen) atoms. The Bertz CT molecular complexity index is 1070. The molecule has 0 aliphatic heterocycles. The van der Waals surface area contributed by atoms with Crippen molar-refractivity contribution in [2.24, 2.45) is 5.92 Å². The van der Waals surface area contributed by atoms with Crippen molar-refractivity contribution in [1.82, 2.24) is 14.9 Å². The van der Waals surface area contributed by atoms with E-state index in [1.165, 1.54) is 6.42 Å². The van der Waals surface area contributed by atoms with Gasteiger partial charge in [-0.15, -0.1) is 0 Å². The molecule has 1 aliphatic rings. The van der Waals surface area contributed by atoms with E-state index in [-0.39, 0.29) is 24.3 Å². The Kier molecular flexibility index (Phi) is 7.04. The molecule has 1 heterocycles. The fraction of sp³-hybridized carbons (Fsp3) is 0.400. The summed E-state index contributed by atoms with van der Waals surface area (Å²) in [6, 6.07) is 15.0. The second-order valence-electron chi connectivity index (χ2n) is 8.16. The minimum atomic E-state index is -0.155. The molecular weight excluding hydrogens is 404 g/mol. The van der Waals surface area contributed by atoms with Crippen molar-refractivity contribution < 1.29 is 14.3 Å². The molecule has 0 atom stereocenters. The van der Waals surface area contributed by atoms with Crippen molar-refractivity contribution in [1.29, 1.82) is 0 Å². The second kappa shape index (κ2) is 10.3. The maximum atomic E-state index is 12.8. The number of nitrogens with zero attached hydrogens (tertiary/aromatic N) is 2. The van der Waals surface area contributed by atoms with Gasteiger partial charge in [0.2, 0.25) is 11.8 Å². The Labute approximate surface area is 188 Å². The van der Waals surface area contributed by atoms with Crippen molar-refractivity contribution in [2.75, 3.05) is 11.9 Å². The van der Waals surface area contributed by atoms with Gasteiger partial charge in [-0.2, -0.15) is 0 Å². The quantitative estimate of drug-likeness (QED) is 0.554. The molecule has 2 N–H and O–H groups in total. The molecule has 3 aromatic rings. The number of carbonyl (C=O) groups excluding carboxylic acids is 2. The molecule has 0 unspecified atom stereocenters. The number of hydrogen-bond donors (Lipinski definition) is 2. The number of carbonyl (C=O) groups is 2. The zero-order valence-corrected chi connectivity index (χ0v) is 18.5. The van der Waals surface area contributed by atoms with Gasteiger partial charge in [0.25, 0.3) is 0 Å². The van der Waals surface area contributed by atoms with Crippen LogP contribution in [-0.2, 0) is 22.7 Å². The number of imidazole rings is 1. The van der Waals surface area contributed by atoms with Crippen LogP contribution in [0.4, 0.5) is 5.69 Å². The standard InChI is InChI=1S/C25H30N4O3/c1-2-32-20-14-12-19(13-15-20)27-24(30)17-29-22-11-7-6-10-21(22)28-23(29)16-26-25(31)18-8-4-3-5-9-18/h6-7,10-15,18H,2-5,8-9,16-17H2,1H3,(H,26,31)(H,27,30). The van der Waals surface area contributed by atoms with Crippen LogP contribution in [-0.4, -0.2) is 28.0 Å². The molecule has 1 aliphatic carbocycles. The molecule has 7 nitrogen and oxygen atoms in total. The lowest BCUT2D eigenvalue weighted by Gasteiger charge is -2.20. The Morgan fingerprint density at radius 1 is 1.06 bits per heavy atom. The van der Waals surface area contributed by atoms with Crippen molar-refractivity contribution in [3.05, 3.63) is 54.4 Å². The molecule has 0 bridgehead atoms. The highest BCUT2D eigenvalue weighted by Gasteiger charge is 2.22. The van der Waals surface area contributed by atoms with E-state index in [1.54, 1.807) is 0 Å². The van der Waals surface area contributed by atoms with Gasteiger partial charge in [0.1, 0.15) is 18.1 Å². The van der Waals surface area contributed by atoms with Gasteiger partial charge in [0, 0.05) is 11.6 Å². The van der Waals surface area contributed by atoms with Gasteiger partial charge >= 0.3 is 0 Å². The van der Waals surface area contributed by atoms with Crippen LogP contribution in [0.5, 0.6) is 5.75 Å². The first kappa shape index (κ1) is 21.9. The average molecular weight is 435 g/mol. The number of aromatic nitrogens is 2. The van der Waals surface area contributed by atoms with E-state index in [2.05, 4.69) is 15.6 Å². The summed E-state index contributed by atoms with van der Waals surface area (Å²) < 4.78 is 7.32. The number of benzene rings is 2. The van der Waals surface area contributed by atoms with Crippen molar-refractivity contribution in [3.8, 4) is 5.75 Å². The average Bonchev–Trinajstić information content (AvgIpc) is 3.16. The van der Waals surface area contributed by atoms with Gasteiger partial charge in [0.05, 0.1) is 24.2 Å². The van der Waals surface area contributed by atoms with Gasteiger partial charge in [-0.1, -0.05) is 31.4 Å². The number of nitrogens with one attached hydrogen (secondary N) is 2. The van der Waals surface area contributed by atoms with Crippen molar-refractivity contribution >= 4 is 28.5 Å². The van der Waals surface area contributed by atoms with E-state index in [0.717, 1.165) is 42.5 Å². The van der Waals surface area contributed by atoms with E-state index >= 15 is 0 Å². The summed E-state index contributed by atoms with van der Waals surface area (Å²) in [6.45, 7) is 2.95. The number of hydrogen-bond acceptors (Lipinski definition) is 4. The third-order valence-electron chi connectivity index (χ3n) is 5.88. The molecule has 1 aromatic heterocycles. The third kappa shape index (κ3) is 5.28. The molecule has 1 fully saturated rings. The highest BCUT2D eigenvalue weighted by molar-refractivity contribution is 5.91. The maximum absolute atomic E-state index is 12.8. The largest absolute Gasteiger partial charge is 0.494 e. The van der Waals surface area contributed by atoms with E-state index in [4.69, 9.17) is 4.74 Å². The molecule has 0 radical (unpaired) electrons. The number of ether oxygens (including phenoxy) is 1. The molecule has 0 spiro atoms. The van der Waals surface area contributed by atoms with Gasteiger partial charge in [-0.25, -0.2) is 4.98 Å². The Morgan fingerprint density at radius 2 is 1.81 bits per heavy atom. The minimum Gasteiger partial charge on any atom is -0.494 e. The fourth-order valence-electron chi connectivity index (χ4n) is 4.26. The van der Waals surface area contributed by atoms with Crippen LogP contribution in [0.25, 0.3) is 11.0 Å². The number of amides is 2. The molecule has 0 saturated heterocycles. The number of para-hydroxylation sites is 2. The Hall–Kier alpha value is -3.35. The molecule has 2 aromatic carbocycles. The number of fused-ring (bicyclic) bond motifs is 1. The van der Waals surface area contributed by atoms with Crippen LogP contribution < -0.4 is 15.4 Å². The summed E-state index contributed by atoms with van der Waals surface area (Å²) in [5.41, 5.74) is 2.38. The van der Waals surface area contributed by atoms with Crippen LogP contribution in [0.15, 0.2) is 48.5 Å². The fourth-order valence-corrected chi connectivity index (χ4v) is 4.26. The highest BCUT2D eigenvalue weighted by atomic mass is 16.5. The SMILES string of the molecule is CCOc1ccc(NC(=O)Cn2c(CNC(=O)C3CCCCC3)nc3ccccc32)cc1. The van der Waals surface area contributed by atoms with Crippen LogP contribution >= 0.6 is 0 Å². The minimum absolute atomic E-state index is 0.0853. The van der Waals surface area contributed by atoms with Crippen molar-refractivity contribution in [2.45, 2.75) is 52.1 Å². The zero-order valence-electron chi connectivity index (χ0n) is 18.5. The molecule has 4 rings (SSSR count). The van der Waals surface area contributed by atoms with E-state index in [9.17, 15) is 9.59 Å². The second-order valence-corrected chi connectivity index (χ2v) is 8.16. The first-order valence-corrected chi connectivity index (χ1v) is 11.4. The van der Waals surface area contributed by atoms with Gasteiger partial charge in [-0.3, -0.25) is 9.59 Å². The summed E-state index contributed by atoms with van der Waals surface area (Å²) in [4.78, 5) is 30.1. The van der Waals surface area contributed by atoms with Gasteiger partial charge < -0.3 is 19.9 Å². The first-order valence-electron chi connectivity index (χ1n) is 11.4. The first-order chi connectivity index (χ1) is 15.6. The molecule has 7 heteroatoms. The lowest BCUT2D eigenvalue weighted by molar-refractivity contribution is -0.126. The Morgan fingerprint density at radius 3 is 2.56 bits per heavy atom. The topological polar surface area (TPSA) is 85.2 Å². The summed E-state index contributed by atoms with van der Waals surface area (Å²) in [5.74, 6) is 1.46.